The Bertz CT molecular complexity index is 988. The van der Waals surface area contributed by atoms with Gasteiger partial charge in [-0.3, -0.25) is 4.57 Å². The molecule has 0 aliphatic heterocycles. The van der Waals surface area contributed by atoms with Crippen molar-refractivity contribution in [1.82, 2.24) is 34.5 Å². The standard InChI is InChI=1S/C19H19N7/c1-14(2)10-17-23-19(26(24-17)18-8-3-4-9-20-18)15-6-5-7-16(11-15)25-12-21-22-13-25/h3-9,11-14H,10H2,1-2H3. The van der Waals surface area contributed by atoms with Crippen molar-refractivity contribution in [2.75, 3.05) is 0 Å². The molecule has 0 unspecified atom stereocenters. The fourth-order valence-corrected chi connectivity index (χ4v) is 2.77. The van der Waals surface area contributed by atoms with Crippen LogP contribution in [0.3, 0.4) is 0 Å². The minimum atomic E-state index is 0.478. The molecule has 7 nitrogen and oxygen atoms in total. The van der Waals surface area contributed by atoms with Gasteiger partial charge in [-0.05, 0) is 30.2 Å². The zero-order valence-electron chi connectivity index (χ0n) is 14.7. The number of nitrogens with zero attached hydrogens (tertiary/aromatic N) is 7. The number of benzene rings is 1. The van der Waals surface area contributed by atoms with Crippen LogP contribution in [0, 0.1) is 5.92 Å². The monoisotopic (exact) mass is 345 g/mol. The molecule has 0 radical (unpaired) electrons. The maximum atomic E-state index is 4.79. The normalized spacial score (nSPS) is 11.2. The van der Waals surface area contributed by atoms with Gasteiger partial charge in [0.05, 0.1) is 0 Å². The topological polar surface area (TPSA) is 74.3 Å². The van der Waals surface area contributed by atoms with Crippen LogP contribution in [0.4, 0.5) is 0 Å². The number of hydrogen-bond donors (Lipinski definition) is 0. The van der Waals surface area contributed by atoms with Gasteiger partial charge in [0.2, 0.25) is 0 Å². The summed E-state index contributed by atoms with van der Waals surface area (Å²) in [6.45, 7) is 4.32. The van der Waals surface area contributed by atoms with Crippen molar-refractivity contribution in [3.8, 4) is 22.9 Å². The number of hydrogen-bond acceptors (Lipinski definition) is 5. The van der Waals surface area contributed by atoms with Crippen LogP contribution in [0.2, 0.25) is 0 Å². The molecule has 0 bridgehead atoms. The van der Waals surface area contributed by atoms with Crippen LogP contribution in [0.15, 0.2) is 61.3 Å². The Morgan fingerprint density at radius 3 is 2.58 bits per heavy atom. The molecule has 3 aromatic heterocycles. The van der Waals surface area contributed by atoms with E-state index < -0.39 is 0 Å². The van der Waals surface area contributed by atoms with Gasteiger partial charge < -0.3 is 0 Å². The second-order valence-corrected chi connectivity index (χ2v) is 6.47. The van der Waals surface area contributed by atoms with E-state index in [2.05, 4.69) is 29.0 Å². The maximum Gasteiger partial charge on any atom is 0.165 e. The number of aromatic nitrogens is 7. The minimum absolute atomic E-state index is 0.478. The molecule has 0 fully saturated rings. The average Bonchev–Trinajstić information content (AvgIpc) is 3.32. The molecule has 0 saturated carbocycles. The molecule has 1 aromatic carbocycles. The van der Waals surface area contributed by atoms with Crippen molar-refractivity contribution in [3.05, 3.63) is 67.1 Å². The first-order valence-corrected chi connectivity index (χ1v) is 8.53. The van der Waals surface area contributed by atoms with Gasteiger partial charge in [-0.1, -0.05) is 32.0 Å². The Kier molecular flexibility index (Phi) is 4.27. The predicted molar refractivity (Wildman–Crippen MR) is 98.0 cm³/mol. The second kappa shape index (κ2) is 6.87. The molecule has 26 heavy (non-hydrogen) atoms. The second-order valence-electron chi connectivity index (χ2n) is 6.47. The molecule has 3 heterocycles. The summed E-state index contributed by atoms with van der Waals surface area (Å²) in [5.74, 6) is 2.81. The van der Waals surface area contributed by atoms with Crippen molar-refractivity contribution < 1.29 is 0 Å². The molecule has 0 spiro atoms. The Labute approximate surface area is 151 Å². The van der Waals surface area contributed by atoms with E-state index in [0.717, 1.165) is 35.1 Å². The van der Waals surface area contributed by atoms with Crippen LogP contribution >= 0.6 is 0 Å². The molecule has 0 aliphatic rings. The van der Waals surface area contributed by atoms with Gasteiger partial charge in [-0.15, -0.1) is 15.3 Å². The number of rotatable bonds is 5. The highest BCUT2D eigenvalue weighted by atomic mass is 15.4. The molecule has 7 heteroatoms. The summed E-state index contributed by atoms with van der Waals surface area (Å²) in [5, 5.41) is 12.4. The van der Waals surface area contributed by atoms with Crippen LogP contribution in [-0.2, 0) is 6.42 Å². The van der Waals surface area contributed by atoms with E-state index in [-0.39, 0.29) is 0 Å². The molecule has 0 N–H and O–H groups in total. The lowest BCUT2D eigenvalue weighted by molar-refractivity contribution is 0.618. The van der Waals surface area contributed by atoms with Gasteiger partial charge in [0.15, 0.2) is 17.5 Å². The van der Waals surface area contributed by atoms with E-state index in [4.69, 9.17) is 10.1 Å². The highest BCUT2D eigenvalue weighted by molar-refractivity contribution is 5.61. The average molecular weight is 345 g/mol. The molecular weight excluding hydrogens is 326 g/mol. The van der Waals surface area contributed by atoms with Crippen molar-refractivity contribution in [2.45, 2.75) is 20.3 Å². The summed E-state index contributed by atoms with van der Waals surface area (Å²) in [4.78, 5) is 9.23. The SMILES string of the molecule is CC(C)Cc1nc(-c2cccc(-n3cnnc3)c2)n(-c2ccccn2)n1. The minimum Gasteiger partial charge on any atom is -0.288 e. The fourth-order valence-electron chi connectivity index (χ4n) is 2.77. The smallest absolute Gasteiger partial charge is 0.165 e. The summed E-state index contributed by atoms with van der Waals surface area (Å²) in [5.41, 5.74) is 1.93. The fraction of sp³-hybridized carbons (Fsp3) is 0.211. The molecule has 0 aliphatic carbocycles. The van der Waals surface area contributed by atoms with E-state index in [0.29, 0.717) is 5.92 Å². The Morgan fingerprint density at radius 1 is 1.00 bits per heavy atom. The van der Waals surface area contributed by atoms with Crippen LogP contribution in [0.5, 0.6) is 0 Å². The Hall–Kier alpha value is -3.35. The van der Waals surface area contributed by atoms with E-state index in [1.165, 1.54) is 0 Å². The Balaban J connectivity index is 1.83. The van der Waals surface area contributed by atoms with Crippen molar-refractivity contribution in [2.24, 2.45) is 5.92 Å². The highest BCUT2D eigenvalue weighted by Crippen LogP contribution is 2.23. The summed E-state index contributed by atoms with van der Waals surface area (Å²) in [6, 6.07) is 13.8. The molecular formula is C19H19N7. The highest BCUT2D eigenvalue weighted by Gasteiger charge is 2.15. The van der Waals surface area contributed by atoms with Gasteiger partial charge >= 0.3 is 0 Å². The zero-order valence-corrected chi connectivity index (χ0v) is 14.7. The first kappa shape index (κ1) is 16.1. The van der Waals surface area contributed by atoms with Gasteiger partial charge in [-0.2, -0.15) is 4.68 Å². The number of pyridine rings is 1. The lowest BCUT2D eigenvalue weighted by atomic mass is 10.1. The summed E-state index contributed by atoms with van der Waals surface area (Å²) in [6.07, 6.45) is 5.92. The van der Waals surface area contributed by atoms with E-state index in [1.807, 2.05) is 51.7 Å². The van der Waals surface area contributed by atoms with E-state index >= 15 is 0 Å². The van der Waals surface area contributed by atoms with Crippen molar-refractivity contribution in [1.29, 1.82) is 0 Å². The first-order chi connectivity index (χ1) is 12.7. The van der Waals surface area contributed by atoms with Gasteiger partial charge in [0.25, 0.3) is 0 Å². The molecule has 4 aromatic rings. The lowest BCUT2D eigenvalue weighted by Gasteiger charge is -2.07. The maximum absolute atomic E-state index is 4.79. The van der Waals surface area contributed by atoms with Gasteiger partial charge in [0.1, 0.15) is 12.7 Å². The van der Waals surface area contributed by atoms with Crippen molar-refractivity contribution in [3.63, 3.8) is 0 Å². The van der Waals surface area contributed by atoms with E-state index in [9.17, 15) is 0 Å². The van der Waals surface area contributed by atoms with Crippen LogP contribution in [0.1, 0.15) is 19.7 Å². The summed E-state index contributed by atoms with van der Waals surface area (Å²) >= 11 is 0. The third kappa shape index (κ3) is 3.23. The van der Waals surface area contributed by atoms with Crippen LogP contribution in [-0.4, -0.2) is 34.5 Å². The summed E-state index contributed by atoms with van der Waals surface area (Å²) in [7, 11) is 0. The molecule has 0 atom stereocenters. The van der Waals surface area contributed by atoms with Gasteiger partial charge in [0, 0.05) is 23.9 Å². The molecule has 130 valence electrons. The molecule has 0 amide bonds. The van der Waals surface area contributed by atoms with Gasteiger partial charge in [-0.25, -0.2) is 9.97 Å². The molecule has 0 saturated heterocycles. The van der Waals surface area contributed by atoms with Crippen LogP contribution in [0.25, 0.3) is 22.9 Å². The quantitative estimate of drug-likeness (QED) is 0.555. The molecule has 4 rings (SSSR count). The largest absolute Gasteiger partial charge is 0.288 e. The van der Waals surface area contributed by atoms with Crippen LogP contribution < -0.4 is 0 Å². The zero-order chi connectivity index (χ0) is 17.9. The van der Waals surface area contributed by atoms with Crippen molar-refractivity contribution >= 4 is 0 Å². The summed E-state index contributed by atoms with van der Waals surface area (Å²) < 4.78 is 3.67. The third-order valence-corrected chi connectivity index (χ3v) is 3.93. The predicted octanol–water partition coefficient (Wildman–Crippen LogP) is 3.11. The third-order valence-electron chi connectivity index (χ3n) is 3.93. The Morgan fingerprint density at radius 2 is 1.85 bits per heavy atom. The lowest BCUT2D eigenvalue weighted by Crippen LogP contribution is -2.03. The van der Waals surface area contributed by atoms with E-state index in [1.54, 1.807) is 18.9 Å². The first-order valence-electron chi connectivity index (χ1n) is 8.53.